The van der Waals surface area contributed by atoms with Crippen LogP contribution in [0.25, 0.3) is 0 Å². The number of benzene rings is 1. The van der Waals surface area contributed by atoms with Crippen molar-refractivity contribution < 1.29 is 27.1 Å². The van der Waals surface area contributed by atoms with E-state index in [1.54, 1.807) is 24.3 Å². The first kappa shape index (κ1) is 20.1. The van der Waals surface area contributed by atoms with Gasteiger partial charge < -0.3 is 19.8 Å². The van der Waals surface area contributed by atoms with E-state index in [0.29, 0.717) is 17.2 Å². The van der Waals surface area contributed by atoms with Crippen molar-refractivity contribution in [2.24, 2.45) is 0 Å². The topological polar surface area (TPSA) is 81.3 Å². The Morgan fingerprint density at radius 1 is 1.40 bits per heavy atom. The van der Waals surface area contributed by atoms with Crippen LogP contribution in [0, 0.1) is 0 Å². The van der Waals surface area contributed by atoms with Gasteiger partial charge in [0.2, 0.25) is 0 Å². The standard InChI is InChI=1S/C19H16ClF3N4O3/c1-29-14-5-4-10(7-12(14)20)25-18(28)11-9-24-27-16(19(21,22)23)8-13(26-17(11)27)15-3-2-6-30-15/h2-7,9,13,16,26H,8H2,1H3,(H,25,28)/t13-,16-/m0/s1. The molecular formula is C19H16ClF3N4O3. The van der Waals surface area contributed by atoms with Crippen molar-refractivity contribution in [3.05, 3.63) is 59.1 Å². The van der Waals surface area contributed by atoms with Crippen molar-refractivity contribution >= 4 is 29.0 Å². The maximum atomic E-state index is 13.7. The van der Waals surface area contributed by atoms with Crippen LogP contribution >= 0.6 is 11.6 Å². The Labute approximate surface area is 173 Å². The van der Waals surface area contributed by atoms with Crippen molar-refractivity contribution in [3.63, 3.8) is 0 Å². The molecule has 2 aromatic heterocycles. The number of hydrogen-bond donors (Lipinski definition) is 2. The molecule has 0 bridgehead atoms. The van der Waals surface area contributed by atoms with Gasteiger partial charge in [-0.2, -0.15) is 18.3 Å². The zero-order valence-corrected chi connectivity index (χ0v) is 16.3. The molecular weight excluding hydrogens is 425 g/mol. The van der Waals surface area contributed by atoms with Gasteiger partial charge >= 0.3 is 6.18 Å². The number of anilines is 2. The summed E-state index contributed by atoms with van der Waals surface area (Å²) >= 11 is 6.06. The van der Waals surface area contributed by atoms with Crippen LogP contribution in [0.2, 0.25) is 5.02 Å². The van der Waals surface area contributed by atoms with Gasteiger partial charge in [-0.05, 0) is 30.3 Å². The monoisotopic (exact) mass is 440 g/mol. The second-order valence-electron chi connectivity index (χ2n) is 6.66. The third kappa shape index (κ3) is 3.70. The van der Waals surface area contributed by atoms with Crippen LogP contribution in [0.15, 0.2) is 47.2 Å². The number of rotatable bonds is 4. The zero-order valence-electron chi connectivity index (χ0n) is 15.5. The summed E-state index contributed by atoms with van der Waals surface area (Å²) in [6.45, 7) is 0. The summed E-state index contributed by atoms with van der Waals surface area (Å²) in [5, 5.41) is 9.66. The van der Waals surface area contributed by atoms with E-state index in [0.717, 1.165) is 10.9 Å². The fourth-order valence-electron chi connectivity index (χ4n) is 3.35. The number of fused-ring (bicyclic) bond motifs is 1. The molecule has 2 atom stereocenters. The molecule has 3 heterocycles. The summed E-state index contributed by atoms with van der Waals surface area (Å²) in [7, 11) is 1.46. The molecule has 0 aliphatic carbocycles. The van der Waals surface area contributed by atoms with Gasteiger partial charge in [0.25, 0.3) is 5.91 Å². The number of nitrogens with zero attached hydrogens (tertiary/aromatic N) is 2. The number of hydrogen-bond acceptors (Lipinski definition) is 5. The zero-order chi connectivity index (χ0) is 21.5. The Hall–Kier alpha value is -3.14. The summed E-state index contributed by atoms with van der Waals surface area (Å²) in [6.07, 6.45) is -2.38. The molecule has 0 radical (unpaired) electrons. The lowest BCUT2D eigenvalue weighted by Crippen LogP contribution is -2.36. The number of furan rings is 1. The van der Waals surface area contributed by atoms with E-state index in [-0.39, 0.29) is 22.8 Å². The van der Waals surface area contributed by atoms with E-state index in [4.69, 9.17) is 20.8 Å². The van der Waals surface area contributed by atoms with Crippen molar-refractivity contribution in [2.75, 3.05) is 17.7 Å². The Kier molecular flexibility index (Phi) is 5.10. The minimum atomic E-state index is -4.55. The third-order valence-corrected chi connectivity index (χ3v) is 5.07. The SMILES string of the molecule is COc1ccc(NC(=O)c2cnn3c2N[C@H](c2ccco2)C[C@H]3C(F)(F)F)cc1Cl. The highest BCUT2D eigenvalue weighted by atomic mass is 35.5. The molecule has 1 amide bonds. The summed E-state index contributed by atoms with van der Waals surface area (Å²) in [5.74, 6) is 0.0895. The highest BCUT2D eigenvalue weighted by Crippen LogP contribution is 2.44. The summed E-state index contributed by atoms with van der Waals surface area (Å²) in [4.78, 5) is 12.8. The maximum Gasteiger partial charge on any atom is 0.410 e. The van der Waals surface area contributed by atoms with Crippen LogP contribution in [0.3, 0.4) is 0 Å². The van der Waals surface area contributed by atoms with Gasteiger partial charge in [0.1, 0.15) is 22.9 Å². The van der Waals surface area contributed by atoms with Gasteiger partial charge in [0.05, 0.1) is 30.6 Å². The number of alkyl halides is 3. The molecule has 1 aromatic carbocycles. The predicted octanol–water partition coefficient (Wildman–Crippen LogP) is 5.05. The molecule has 11 heteroatoms. The van der Waals surface area contributed by atoms with Gasteiger partial charge in [-0.25, -0.2) is 4.68 Å². The lowest BCUT2D eigenvalue weighted by atomic mass is 10.0. The van der Waals surface area contributed by atoms with Crippen molar-refractivity contribution in [2.45, 2.75) is 24.7 Å². The van der Waals surface area contributed by atoms with Crippen molar-refractivity contribution in [1.82, 2.24) is 9.78 Å². The van der Waals surface area contributed by atoms with Crippen LogP contribution in [0.4, 0.5) is 24.7 Å². The first-order chi connectivity index (χ1) is 14.3. The molecule has 3 aromatic rings. The predicted molar refractivity (Wildman–Crippen MR) is 103 cm³/mol. The molecule has 0 spiro atoms. The Morgan fingerprint density at radius 3 is 2.83 bits per heavy atom. The molecule has 4 rings (SSSR count). The van der Waals surface area contributed by atoms with E-state index >= 15 is 0 Å². The third-order valence-electron chi connectivity index (χ3n) is 4.78. The molecule has 1 aliphatic rings. The van der Waals surface area contributed by atoms with Crippen LogP contribution in [-0.2, 0) is 0 Å². The number of amides is 1. The molecule has 0 unspecified atom stereocenters. The van der Waals surface area contributed by atoms with Gasteiger partial charge in [0, 0.05) is 12.1 Å². The van der Waals surface area contributed by atoms with Crippen LogP contribution in [0.1, 0.15) is 34.6 Å². The number of carbonyl (C=O) groups is 1. The average molecular weight is 441 g/mol. The maximum absolute atomic E-state index is 13.7. The van der Waals surface area contributed by atoms with Gasteiger partial charge in [-0.15, -0.1) is 0 Å². The second kappa shape index (κ2) is 7.60. The van der Waals surface area contributed by atoms with E-state index < -0.39 is 24.2 Å². The molecule has 0 saturated heterocycles. The minimum absolute atomic E-state index is 0.0348. The van der Waals surface area contributed by atoms with Crippen molar-refractivity contribution in [3.8, 4) is 5.75 Å². The molecule has 2 N–H and O–H groups in total. The fourth-order valence-corrected chi connectivity index (χ4v) is 3.61. The van der Waals surface area contributed by atoms with Crippen LogP contribution < -0.4 is 15.4 Å². The number of aromatic nitrogens is 2. The number of carbonyl (C=O) groups excluding carboxylic acids is 1. The van der Waals surface area contributed by atoms with Crippen molar-refractivity contribution in [1.29, 1.82) is 0 Å². The van der Waals surface area contributed by atoms with Gasteiger partial charge in [0.15, 0.2) is 6.04 Å². The highest BCUT2D eigenvalue weighted by molar-refractivity contribution is 6.32. The lowest BCUT2D eigenvalue weighted by Gasteiger charge is -2.32. The number of halogens is 4. The molecule has 1 aliphatic heterocycles. The lowest BCUT2D eigenvalue weighted by molar-refractivity contribution is -0.174. The van der Waals surface area contributed by atoms with Gasteiger partial charge in [-0.3, -0.25) is 4.79 Å². The summed E-state index contributed by atoms with van der Waals surface area (Å²) in [6, 6.07) is 5.11. The van der Waals surface area contributed by atoms with E-state index in [1.165, 1.54) is 19.4 Å². The first-order valence-corrected chi connectivity index (χ1v) is 9.24. The number of methoxy groups -OCH3 is 1. The van der Waals surface area contributed by atoms with Crippen LogP contribution in [0.5, 0.6) is 5.75 Å². The Morgan fingerprint density at radius 2 is 2.20 bits per heavy atom. The highest BCUT2D eigenvalue weighted by Gasteiger charge is 2.47. The molecule has 7 nitrogen and oxygen atoms in total. The Balaban J connectivity index is 1.65. The molecule has 158 valence electrons. The van der Waals surface area contributed by atoms with E-state index in [1.807, 2.05) is 0 Å². The first-order valence-electron chi connectivity index (χ1n) is 8.87. The number of ether oxygens (including phenoxy) is 1. The van der Waals surface area contributed by atoms with E-state index in [9.17, 15) is 18.0 Å². The Bertz CT molecular complexity index is 1070. The largest absolute Gasteiger partial charge is 0.495 e. The smallest absolute Gasteiger partial charge is 0.410 e. The second-order valence-corrected chi connectivity index (χ2v) is 7.07. The number of nitrogens with one attached hydrogen (secondary N) is 2. The fraction of sp³-hybridized carbons (Fsp3) is 0.263. The minimum Gasteiger partial charge on any atom is -0.495 e. The van der Waals surface area contributed by atoms with Gasteiger partial charge in [-0.1, -0.05) is 11.6 Å². The summed E-state index contributed by atoms with van der Waals surface area (Å²) < 4.78 is 52.1. The molecule has 0 saturated carbocycles. The summed E-state index contributed by atoms with van der Waals surface area (Å²) in [5.41, 5.74) is 0.323. The normalized spacial score (nSPS) is 18.4. The van der Waals surface area contributed by atoms with E-state index in [2.05, 4.69) is 15.7 Å². The molecule has 30 heavy (non-hydrogen) atoms. The average Bonchev–Trinajstić information content (AvgIpc) is 3.36. The quantitative estimate of drug-likeness (QED) is 0.593. The van der Waals surface area contributed by atoms with Crippen LogP contribution in [-0.4, -0.2) is 29.0 Å². The molecule has 0 fully saturated rings.